The molecule has 5 heteroatoms. The predicted octanol–water partition coefficient (Wildman–Crippen LogP) is 24.3. The molecule has 1 aliphatic carbocycles. The van der Waals surface area contributed by atoms with Gasteiger partial charge in [0.05, 0.1) is 22.8 Å². The molecule has 0 N–H and O–H groups in total. The van der Waals surface area contributed by atoms with Crippen molar-refractivity contribution in [2.24, 2.45) is 0 Å². The molecule has 450 valence electrons. The van der Waals surface area contributed by atoms with Gasteiger partial charge in [-0.05, 0) is 204 Å². The van der Waals surface area contributed by atoms with Crippen LogP contribution in [0.4, 0.5) is 0 Å². The van der Waals surface area contributed by atoms with Gasteiger partial charge in [0.25, 0.3) is 0 Å². The van der Waals surface area contributed by atoms with Gasteiger partial charge in [0.15, 0.2) is 0 Å². The van der Waals surface area contributed by atoms with Crippen LogP contribution in [-0.4, -0.2) is 9.97 Å². The normalized spacial score (nSPS) is 12.2. The van der Waals surface area contributed by atoms with E-state index in [2.05, 4.69) is 298 Å². The number of hydrogen-bond donors (Lipinski definition) is 0. The average Bonchev–Trinajstić information content (AvgIpc) is 1.56. The van der Waals surface area contributed by atoms with Crippen LogP contribution in [0.15, 0.2) is 243 Å². The zero-order valence-corrected chi connectivity index (χ0v) is 55.8. The molecule has 3 aliphatic rings. The minimum Gasteiger partial charge on any atom is -0.656 e. The standard InChI is InChI=1S/C88H68N4.Pt/c1-49(2)61-33-17-21-37-65(61)77-81-69-41-53-25-9-11-27-55(53)43-71(69)83(89-81)78(66-38-22-18-34-62(66)50(3)4)85-73-45-57-29-13-15-31-59(57)47-75(73)87(91-85)80(68-40-24-20-36-64(68)52(7)8)88-76-48-60-32-16-14-30-58(60)46-74(76)86(92-88)79(67-39-23-19-35-63(67)51(5)6)84-72-44-56-28-12-10-26-54(56)42-70(72)82(77)90-84;/h9-52H,1-8H3;/q-2;+2. The largest absolute Gasteiger partial charge is 2.00 e. The molecule has 0 saturated carbocycles. The SMILES string of the molecule is CC(C)c1ccccc1-c1c2nc(c(-c3ccccc3C(C)C)c3[n-]c(c(-c4ccccc4C(C)C)c4nc(c(-c5ccccc5C(C)C)c5[n-]c1c1cc6ccccc6cc51)-c1cc5ccccc5cc1-4)c1cc4ccccc4cc31)-c1cc3ccccc3cc1-2.[Pt+2]. The van der Waals surface area contributed by atoms with E-state index >= 15 is 0 Å². The monoisotopic (exact) mass is 1380 g/mol. The third-order valence-corrected chi connectivity index (χ3v) is 19.8. The molecule has 17 rings (SSSR count). The first kappa shape index (κ1) is 58.1. The zero-order valence-electron chi connectivity index (χ0n) is 53.5. The van der Waals surface area contributed by atoms with Gasteiger partial charge in [0.2, 0.25) is 0 Å². The van der Waals surface area contributed by atoms with E-state index < -0.39 is 0 Å². The Morgan fingerprint density at radius 3 is 0.613 bits per heavy atom. The fraction of sp³-hybridized carbons (Fsp3) is 0.136. The van der Waals surface area contributed by atoms with E-state index in [1.54, 1.807) is 0 Å². The summed E-state index contributed by atoms with van der Waals surface area (Å²) in [4.78, 5) is 25.6. The molecule has 0 spiro atoms. The van der Waals surface area contributed by atoms with Gasteiger partial charge in [-0.1, -0.05) is 250 Å². The van der Waals surface area contributed by atoms with Crippen LogP contribution >= 0.6 is 0 Å². The summed E-state index contributed by atoms with van der Waals surface area (Å²) >= 11 is 0. The summed E-state index contributed by atoms with van der Waals surface area (Å²) in [5, 5.41) is 13.4. The molecule has 8 bridgehead atoms. The van der Waals surface area contributed by atoms with Gasteiger partial charge in [-0.2, -0.15) is 0 Å². The number of rotatable bonds is 8. The summed E-state index contributed by atoms with van der Waals surface area (Å²) < 4.78 is 0. The fourth-order valence-electron chi connectivity index (χ4n) is 15.4. The van der Waals surface area contributed by atoms with E-state index in [9.17, 15) is 0 Å². The van der Waals surface area contributed by atoms with Crippen LogP contribution in [0.2, 0.25) is 0 Å². The number of benzene rings is 12. The van der Waals surface area contributed by atoms with Gasteiger partial charge >= 0.3 is 21.1 Å². The number of fused-ring (bicyclic) bond motifs is 4. The van der Waals surface area contributed by atoms with Crippen molar-refractivity contribution in [1.82, 2.24) is 19.9 Å². The fourth-order valence-corrected chi connectivity index (χ4v) is 15.4. The molecule has 0 atom stereocenters. The Balaban J connectivity index is 0.00000686. The second-order valence-corrected chi connectivity index (χ2v) is 26.7. The van der Waals surface area contributed by atoms with E-state index in [0.717, 1.165) is 176 Å². The quantitative estimate of drug-likeness (QED) is 0.152. The first-order valence-electron chi connectivity index (χ1n) is 32.8. The van der Waals surface area contributed by atoms with Crippen molar-refractivity contribution in [1.29, 1.82) is 0 Å². The third-order valence-electron chi connectivity index (χ3n) is 19.8. The van der Waals surface area contributed by atoms with Crippen LogP contribution in [-0.2, 0) is 21.1 Å². The summed E-state index contributed by atoms with van der Waals surface area (Å²) in [6.07, 6.45) is 0. The molecule has 0 fully saturated rings. The molecule has 93 heavy (non-hydrogen) atoms. The Bertz CT molecular complexity index is 5090. The summed E-state index contributed by atoms with van der Waals surface area (Å²) in [6.45, 7) is 18.5. The maximum atomic E-state index is 6.40. The minimum absolute atomic E-state index is 0. The van der Waals surface area contributed by atoms with Crippen LogP contribution < -0.4 is 9.97 Å². The Morgan fingerprint density at radius 2 is 0.409 bits per heavy atom. The number of hydrogen-bond acceptors (Lipinski definition) is 2. The molecule has 2 aliphatic heterocycles. The van der Waals surface area contributed by atoms with Crippen LogP contribution in [0, 0.1) is 0 Å². The van der Waals surface area contributed by atoms with Gasteiger partial charge in [-0.3, -0.25) is 0 Å². The van der Waals surface area contributed by atoms with Gasteiger partial charge < -0.3 is 9.97 Å². The van der Waals surface area contributed by atoms with Crippen LogP contribution in [0.1, 0.15) is 101 Å². The maximum Gasteiger partial charge on any atom is 2.00 e. The molecule has 14 aromatic rings. The summed E-state index contributed by atoms with van der Waals surface area (Å²) in [6, 6.07) is 90.6. The zero-order chi connectivity index (χ0) is 62.2. The molecule has 0 saturated heterocycles. The van der Waals surface area contributed by atoms with Crippen molar-refractivity contribution >= 4 is 86.7 Å². The first-order valence-corrected chi connectivity index (χ1v) is 32.8. The van der Waals surface area contributed by atoms with Crippen molar-refractivity contribution in [3.8, 4) is 89.5 Å². The van der Waals surface area contributed by atoms with Crippen LogP contribution in [0.25, 0.3) is 176 Å². The van der Waals surface area contributed by atoms with Crippen LogP contribution in [0.3, 0.4) is 0 Å². The van der Waals surface area contributed by atoms with Crippen molar-refractivity contribution in [3.63, 3.8) is 0 Å². The second-order valence-electron chi connectivity index (χ2n) is 26.7. The summed E-state index contributed by atoms with van der Waals surface area (Å²) in [5.74, 6) is 0.647. The van der Waals surface area contributed by atoms with Gasteiger partial charge in [-0.25, -0.2) is 9.97 Å². The Morgan fingerprint density at radius 1 is 0.226 bits per heavy atom. The number of nitrogens with zero attached hydrogens (tertiary/aromatic N) is 4. The molecule has 0 radical (unpaired) electrons. The molecular weight excluding hydrogens is 1310 g/mol. The van der Waals surface area contributed by atoms with Crippen molar-refractivity contribution in [3.05, 3.63) is 265 Å². The first-order chi connectivity index (χ1) is 44.9. The Labute approximate surface area is 557 Å². The smallest absolute Gasteiger partial charge is 0.656 e. The molecule has 12 aromatic carbocycles. The molecule has 4 nitrogen and oxygen atoms in total. The molecule has 4 heterocycles. The third kappa shape index (κ3) is 9.27. The van der Waals surface area contributed by atoms with Crippen molar-refractivity contribution in [2.75, 3.05) is 0 Å². The maximum absolute atomic E-state index is 6.40. The minimum atomic E-state index is 0. The topological polar surface area (TPSA) is 54.0 Å². The van der Waals surface area contributed by atoms with E-state index in [1.165, 1.54) is 22.3 Å². The number of aromatic nitrogens is 4. The molecule has 0 unspecified atom stereocenters. The second kappa shape index (κ2) is 22.7. The Hall–Kier alpha value is -9.99. The summed E-state index contributed by atoms with van der Waals surface area (Å²) in [5.41, 5.74) is 24.6. The van der Waals surface area contributed by atoms with E-state index in [4.69, 9.17) is 19.9 Å². The van der Waals surface area contributed by atoms with E-state index in [-0.39, 0.29) is 44.7 Å². The predicted molar refractivity (Wildman–Crippen MR) is 391 cm³/mol. The van der Waals surface area contributed by atoms with Gasteiger partial charge in [0, 0.05) is 22.3 Å². The Kier molecular flexibility index (Phi) is 14.2. The van der Waals surface area contributed by atoms with Crippen molar-refractivity contribution in [2.45, 2.75) is 79.1 Å². The van der Waals surface area contributed by atoms with E-state index in [1.807, 2.05) is 0 Å². The summed E-state index contributed by atoms with van der Waals surface area (Å²) in [7, 11) is 0. The molecule has 2 aromatic heterocycles. The molecule has 0 amide bonds. The van der Waals surface area contributed by atoms with Crippen molar-refractivity contribution < 1.29 is 21.1 Å². The molecular formula is C88H68N4Pt. The average molecular weight is 1380 g/mol. The van der Waals surface area contributed by atoms with Gasteiger partial charge in [0.1, 0.15) is 0 Å². The van der Waals surface area contributed by atoms with Crippen LogP contribution in [0.5, 0.6) is 0 Å². The van der Waals surface area contributed by atoms with Gasteiger partial charge in [-0.15, -0.1) is 22.1 Å². The van der Waals surface area contributed by atoms with E-state index in [0.29, 0.717) is 0 Å².